The number of aliphatic carboxylic acids is 1. The molecule has 1 saturated carbocycles. The summed E-state index contributed by atoms with van der Waals surface area (Å²) in [6.45, 7) is 0.154. The van der Waals surface area contributed by atoms with Crippen molar-refractivity contribution >= 4 is 11.9 Å². The van der Waals surface area contributed by atoms with Crippen LogP contribution in [0.15, 0.2) is 24.3 Å². The van der Waals surface area contributed by atoms with E-state index in [9.17, 15) is 19.1 Å². The molecule has 1 fully saturated rings. The van der Waals surface area contributed by atoms with Crippen LogP contribution in [0.3, 0.4) is 0 Å². The minimum absolute atomic E-state index is 0.00666. The minimum atomic E-state index is -0.906. The molecule has 0 aromatic heterocycles. The average Bonchev–Trinajstić information content (AvgIpc) is 2.35. The molecule has 2 rings (SSSR count). The van der Waals surface area contributed by atoms with Gasteiger partial charge in [0.2, 0.25) is 5.91 Å². The Morgan fingerprint density at radius 1 is 1.35 bits per heavy atom. The highest BCUT2D eigenvalue weighted by atomic mass is 19.1. The van der Waals surface area contributed by atoms with E-state index in [4.69, 9.17) is 0 Å². The van der Waals surface area contributed by atoms with Gasteiger partial charge in [-0.05, 0) is 18.9 Å². The largest absolute Gasteiger partial charge is 0.481 e. The van der Waals surface area contributed by atoms with Crippen molar-refractivity contribution in [3.05, 3.63) is 35.6 Å². The van der Waals surface area contributed by atoms with Gasteiger partial charge in [-0.15, -0.1) is 0 Å². The van der Waals surface area contributed by atoms with Crippen LogP contribution in [0.1, 0.15) is 31.2 Å². The first kappa shape index (κ1) is 14.5. The zero-order chi connectivity index (χ0) is 14.8. The number of carboxylic acids is 1. The summed E-state index contributed by atoms with van der Waals surface area (Å²) >= 11 is 0. The molecule has 0 aliphatic heterocycles. The van der Waals surface area contributed by atoms with E-state index >= 15 is 0 Å². The summed E-state index contributed by atoms with van der Waals surface area (Å²) < 4.78 is 13.5. The fourth-order valence-electron chi connectivity index (χ4n) is 2.46. The monoisotopic (exact) mass is 279 g/mol. The molecule has 108 valence electrons. The highest BCUT2D eigenvalue weighted by molar-refractivity contribution is 5.85. The van der Waals surface area contributed by atoms with Gasteiger partial charge in [0.15, 0.2) is 0 Å². The van der Waals surface area contributed by atoms with Crippen molar-refractivity contribution in [2.45, 2.75) is 32.2 Å². The standard InChI is InChI=1S/C15H18FNO3/c1-17(10-11-5-2-3-6-12(11)16)13(18)9-15(14(19)20)7-4-8-15/h2-3,5-6H,4,7-10H2,1H3,(H,19,20). The van der Waals surface area contributed by atoms with Crippen LogP contribution in [-0.4, -0.2) is 28.9 Å². The molecular formula is C15H18FNO3. The summed E-state index contributed by atoms with van der Waals surface area (Å²) in [5, 5.41) is 9.22. The van der Waals surface area contributed by atoms with E-state index in [2.05, 4.69) is 0 Å². The van der Waals surface area contributed by atoms with Gasteiger partial charge in [0.1, 0.15) is 5.82 Å². The van der Waals surface area contributed by atoms with E-state index in [-0.39, 0.29) is 24.7 Å². The van der Waals surface area contributed by atoms with Crippen LogP contribution in [0.2, 0.25) is 0 Å². The Labute approximate surface area is 117 Å². The maximum absolute atomic E-state index is 13.5. The van der Waals surface area contributed by atoms with Crippen molar-refractivity contribution in [3.8, 4) is 0 Å². The van der Waals surface area contributed by atoms with Gasteiger partial charge >= 0.3 is 5.97 Å². The highest BCUT2D eigenvalue weighted by Crippen LogP contribution is 2.44. The van der Waals surface area contributed by atoms with Crippen LogP contribution >= 0.6 is 0 Å². The molecule has 1 N–H and O–H groups in total. The maximum Gasteiger partial charge on any atom is 0.310 e. The second kappa shape index (κ2) is 5.61. The molecule has 0 unspecified atom stereocenters. The SMILES string of the molecule is CN(Cc1ccccc1F)C(=O)CC1(C(=O)O)CCC1. The number of hydrogen-bond donors (Lipinski definition) is 1. The lowest BCUT2D eigenvalue weighted by molar-refractivity contribution is -0.159. The van der Waals surface area contributed by atoms with Gasteiger partial charge in [0.25, 0.3) is 0 Å². The van der Waals surface area contributed by atoms with Crippen LogP contribution in [-0.2, 0) is 16.1 Å². The number of carbonyl (C=O) groups is 2. The van der Waals surface area contributed by atoms with Gasteiger partial charge in [-0.3, -0.25) is 9.59 Å². The van der Waals surface area contributed by atoms with E-state index in [1.54, 1.807) is 25.2 Å². The zero-order valence-electron chi connectivity index (χ0n) is 11.4. The van der Waals surface area contributed by atoms with E-state index in [1.165, 1.54) is 11.0 Å². The molecule has 20 heavy (non-hydrogen) atoms. The summed E-state index contributed by atoms with van der Waals surface area (Å²) in [7, 11) is 1.57. The van der Waals surface area contributed by atoms with E-state index < -0.39 is 11.4 Å². The third-order valence-electron chi connectivity index (χ3n) is 4.05. The van der Waals surface area contributed by atoms with Crippen LogP contribution in [0.4, 0.5) is 4.39 Å². The average molecular weight is 279 g/mol. The molecule has 0 bridgehead atoms. The first-order valence-electron chi connectivity index (χ1n) is 6.65. The molecule has 0 spiro atoms. The maximum atomic E-state index is 13.5. The molecular weight excluding hydrogens is 261 g/mol. The highest BCUT2D eigenvalue weighted by Gasteiger charge is 2.46. The Kier molecular flexibility index (Phi) is 4.06. The van der Waals surface area contributed by atoms with Gasteiger partial charge in [0, 0.05) is 25.6 Å². The minimum Gasteiger partial charge on any atom is -0.481 e. The van der Waals surface area contributed by atoms with Crippen LogP contribution in [0, 0.1) is 11.2 Å². The van der Waals surface area contributed by atoms with Gasteiger partial charge < -0.3 is 10.0 Å². The topological polar surface area (TPSA) is 57.6 Å². The van der Waals surface area contributed by atoms with Crippen LogP contribution in [0.5, 0.6) is 0 Å². The van der Waals surface area contributed by atoms with Crippen molar-refractivity contribution in [1.29, 1.82) is 0 Å². The van der Waals surface area contributed by atoms with E-state index in [0.717, 1.165) is 6.42 Å². The third-order valence-corrected chi connectivity index (χ3v) is 4.05. The fraction of sp³-hybridized carbons (Fsp3) is 0.467. The Balaban J connectivity index is 1.99. The molecule has 4 nitrogen and oxygen atoms in total. The Morgan fingerprint density at radius 2 is 2.00 bits per heavy atom. The number of carboxylic acid groups (broad SMARTS) is 1. The molecule has 0 heterocycles. The summed E-state index contributed by atoms with van der Waals surface area (Å²) in [6, 6.07) is 6.27. The molecule has 0 atom stereocenters. The predicted octanol–water partition coefficient (Wildman–Crippen LogP) is 2.43. The number of hydrogen-bond acceptors (Lipinski definition) is 2. The first-order valence-corrected chi connectivity index (χ1v) is 6.65. The third kappa shape index (κ3) is 2.81. The molecule has 0 saturated heterocycles. The second-order valence-corrected chi connectivity index (χ2v) is 5.46. The predicted molar refractivity (Wildman–Crippen MR) is 71.4 cm³/mol. The van der Waals surface area contributed by atoms with Crippen molar-refractivity contribution in [2.24, 2.45) is 5.41 Å². The van der Waals surface area contributed by atoms with Gasteiger partial charge in [0.05, 0.1) is 5.41 Å². The van der Waals surface area contributed by atoms with Gasteiger partial charge in [-0.25, -0.2) is 4.39 Å². The summed E-state index contributed by atoms with van der Waals surface area (Å²) in [4.78, 5) is 24.7. The molecule has 5 heteroatoms. The smallest absolute Gasteiger partial charge is 0.310 e. The Bertz CT molecular complexity index is 526. The van der Waals surface area contributed by atoms with Crippen LogP contribution in [0.25, 0.3) is 0 Å². The summed E-state index contributed by atoms with van der Waals surface area (Å²) in [5.74, 6) is -1.52. The lowest BCUT2D eigenvalue weighted by Gasteiger charge is -2.38. The summed E-state index contributed by atoms with van der Waals surface area (Å²) in [6.07, 6.45) is 1.92. The molecule has 1 aliphatic rings. The first-order chi connectivity index (χ1) is 9.44. The van der Waals surface area contributed by atoms with Crippen molar-refractivity contribution in [1.82, 2.24) is 4.90 Å². The van der Waals surface area contributed by atoms with Crippen LogP contribution < -0.4 is 0 Å². The summed E-state index contributed by atoms with van der Waals surface area (Å²) in [5.41, 5.74) is -0.470. The number of benzene rings is 1. The number of halogens is 1. The number of amides is 1. The lowest BCUT2D eigenvalue weighted by atomic mass is 9.66. The zero-order valence-corrected chi connectivity index (χ0v) is 11.4. The Hall–Kier alpha value is -1.91. The molecule has 1 aromatic rings. The van der Waals surface area contributed by atoms with E-state index in [0.29, 0.717) is 18.4 Å². The second-order valence-electron chi connectivity index (χ2n) is 5.46. The molecule has 1 aromatic carbocycles. The van der Waals surface area contributed by atoms with Crippen molar-refractivity contribution in [2.75, 3.05) is 7.05 Å². The lowest BCUT2D eigenvalue weighted by Crippen LogP contribution is -2.42. The number of carbonyl (C=O) groups excluding carboxylic acids is 1. The quantitative estimate of drug-likeness (QED) is 0.900. The fourth-order valence-corrected chi connectivity index (χ4v) is 2.46. The van der Waals surface area contributed by atoms with Crippen molar-refractivity contribution < 1.29 is 19.1 Å². The molecule has 0 radical (unpaired) electrons. The van der Waals surface area contributed by atoms with Crippen molar-refractivity contribution in [3.63, 3.8) is 0 Å². The van der Waals surface area contributed by atoms with E-state index in [1.807, 2.05) is 0 Å². The molecule has 1 amide bonds. The number of nitrogens with zero attached hydrogens (tertiary/aromatic N) is 1. The Morgan fingerprint density at radius 3 is 2.50 bits per heavy atom. The normalized spacial score (nSPS) is 16.3. The molecule has 1 aliphatic carbocycles. The van der Waals surface area contributed by atoms with Gasteiger partial charge in [-0.2, -0.15) is 0 Å². The van der Waals surface area contributed by atoms with Gasteiger partial charge in [-0.1, -0.05) is 24.6 Å². The number of rotatable bonds is 5.